The SMILES string of the molecule is Cn1cc(-c2ccc(CNC(=O)N3CCN(S(C)(=O)=O)C3=O)cn2)cn1. The highest BCUT2D eigenvalue weighted by atomic mass is 32.2. The van der Waals surface area contributed by atoms with Crippen LogP contribution in [0.4, 0.5) is 9.59 Å². The standard InChI is InChI=1S/C15H18N6O4S/c1-19-10-12(9-18-19)13-4-3-11(7-16-13)8-17-14(22)20-5-6-21(15(20)23)26(2,24)25/h3-4,7,9-10H,5-6,8H2,1-2H3,(H,17,22). The van der Waals surface area contributed by atoms with Crippen molar-refractivity contribution in [2.45, 2.75) is 6.54 Å². The van der Waals surface area contributed by atoms with Crippen LogP contribution in [0.25, 0.3) is 11.3 Å². The Morgan fingerprint density at radius 3 is 2.58 bits per heavy atom. The Morgan fingerprint density at radius 2 is 2.04 bits per heavy atom. The fourth-order valence-electron chi connectivity index (χ4n) is 2.54. The van der Waals surface area contributed by atoms with Gasteiger partial charge in [-0.1, -0.05) is 6.07 Å². The number of carbonyl (C=O) groups is 2. The minimum absolute atomic E-state index is 0.0237. The first-order valence-corrected chi connectivity index (χ1v) is 9.61. The van der Waals surface area contributed by atoms with Crippen LogP contribution in [0.2, 0.25) is 0 Å². The van der Waals surface area contributed by atoms with Gasteiger partial charge in [0.25, 0.3) is 0 Å². The highest BCUT2D eigenvalue weighted by molar-refractivity contribution is 7.88. The third-order valence-corrected chi connectivity index (χ3v) is 5.02. The largest absolute Gasteiger partial charge is 0.341 e. The third kappa shape index (κ3) is 3.67. The molecule has 2 aromatic rings. The zero-order valence-corrected chi connectivity index (χ0v) is 15.1. The Hall–Kier alpha value is -2.95. The summed E-state index contributed by atoms with van der Waals surface area (Å²) >= 11 is 0. The maximum absolute atomic E-state index is 12.1. The average Bonchev–Trinajstić information content (AvgIpc) is 3.18. The lowest BCUT2D eigenvalue weighted by Gasteiger charge is -2.16. The monoisotopic (exact) mass is 378 g/mol. The molecule has 0 saturated carbocycles. The van der Waals surface area contributed by atoms with Crippen molar-refractivity contribution in [2.75, 3.05) is 19.3 Å². The second-order valence-corrected chi connectivity index (χ2v) is 7.79. The lowest BCUT2D eigenvalue weighted by molar-refractivity contribution is 0.193. The van der Waals surface area contributed by atoms with Crippen LogP contribution in [-0.2, 0) is 23.6 Å². The van der Waals surface area contributed by atoms with Crippen LogP contribution < -0.4 is 5.32 Å². The van der Waals surface area contributed by atoms with Gasteiger partial charge < -0.3 is 5.32 Å². The summed E-state index contributed by atoms with van der Waals surface area (Å²) in [4.78, 5) is 29.3. The smallest absolute Gasteiger partial charge is 0.333 e. The lowest BCUT2D eigenvalue weighted by atomic mass is 10.2. The van der Waals surface area contributed by atoms with Crippen LogP contribution in [0.1, 0.15) is 5.56 Å². The van der Waals surface area contributed by atoms with E-state index in [1.165, 1.54) is 0 Å². The number of urea groups is 2. The molecule has 0 bridgehead atoms. The van der Waals surface area contributed by atoms with Gasteiger partial charge in [-0.3, -0.25) is 9.67 Å². The number of nitrogens with one attached hydrogen (secondary N) is 1. The van der Waals surface area contributed by atoms with Crippen molar-refractivity contribution in [2.24, 2.45) is 7.05 Å². The molecule has 1 saturated heterocycles. The molecule has 0 aliphatic carbocycles. The Balaban J connectivity index is 1.59. The van der Waals surface area contributed by atoms with Gasteiger partial charge in [0.05, 0.1) is 31.2 Å². The van der Waals surface area contributed by atoms with Crippen molar-refractivity contribution >= 4 is 22.1 Å². The van der Waals surface area contributed by atoms with E-state index in [9.17, 15) is 18.0 Å². The molecule has 1 fully saturated rings. The highest BCUT2D eigenvalue weighted by Crippen LogP contribution is 2.16. The first-order valence-electron chi connectivity index (χ1n) is 7.76. The first-order chi connectivity index (χ1) is 12.3. The topological polar surface area (TPSA) is 118 Å². The van der Waals surface area contributed by atoms with Gasteiger partial charge in [-0.2, -0.15) is 5.10 Å². The Kier molecular flexibility index (Phi) is 4.64. The van der Waals surface area contributed by atoms with E-state index in [2.05, 4.69) is 15.4 Å². The van der Waals surface area contributed by atoms with Crippen LogP contribution in [-0.4, -0.2) is 63.8 Å². The number of aromatic nitrogens is 3. The molecule has 0 spiro atoms. The zero-order valence-electron chi connectivity index (χ0n) is 14.3. The Bertz CT molecular complexity index is 937. The van der Waals surface area contributed by atoms with E-state index in [4.69, 9.17) is 0 Å². The molecule has 11 heteroatoms. The summed E-state index contributed by atoms with van der Waals surface area (Å²) in [6, 6.07) is 2.14. The molecule has 1 aliphatic heterocycles. The second kappa shape index (κ2) is 6.75. The summed E-state index contributed by atoms with van der Waals surface area (Å²) in [5, 5.41) is 6.68. The minimum Gasteiger partial charge on any atom is -0.333 e. The third-order valence-electron chi connectivity index (χ3n) is 3.89. The second-order valence-electron chi connectivity index (χ2n) is 5.88. The van der Waals surface area contributed by atoms with E-state index in [0.717, 1.165) is 28.0 Å². The molecule has 0 aromatic carbocycles. The molecule has 10 nitrogen and oxygen atoms in total. The van der Waals surface area contributed by atoms with E-state index >= 15 is 0 Å². The molecule has 3 heterocycles. The van der Waals surface area contributed by atoms with Gasteiger partial charge in [0, 0.05) is 31.5 Å². The van der Waals surface area contributed by atoms with E-state index in [1.807, 2.05) is 25.4 Å². The summed E-state index contributed by atoms with van der Waals surface area (Å²) in [5.74, 6) is 0. The number of carbonyl (C=O) groups excluding carboxylic acids is 2. The predicted molar refractivity (Wildman–Crippen MR) is 92.3 cm³/mol. The molecule has 1 N–H and O–H groups in total. The predicted octanol–water partition coefficient (Wildman–Crippen LogP) is 0.389. The van der Waals surface area contributed by atoms with Crippen LogP contribution in [0, 0.1) is 0 Å². The normalized spacial score (nSPS) is 14.8. The molecule has 0 unspecified atom stereocenters. The lowest BCUT2D eigenvalue weighted by Crippen LogP contribution is -2.43. The Morgan fingerprint density at radius 1 is 1.27 bits per heavy atom. The first kappa shape index (κ1) is 17.9. The number of hydrogen-bond donors (Lipinski definition) is 1. The fourth-order valence-corrected chi connectivity index (χ4v) is 3.33. The number of sulfonamides is 1. The molecular weight excluding hydrogens is 360 g/mol. The van der Waals surface area contributed by atoms with Gasteiger partial charge in [0.15, 0.2) is 0 Å². The van der Waals surface area contributed by atoms with Crippen molar-refractivity contribution in [1.29, 1.82) is 0 Å². The number of pyridine rings is 1. The molecular formula is C15H18N6O4S. The number of rotatable bonds is 4. The van der Waals surface area contributed by atoms with Crippen LogP contribution >= 0.6 is 0 Å². The van der Waals surface area contributed by atoms with E-state index in [-0.39, 0.29) is 19.6 Å². The van der Waals surface area contributed by atoms with Gasteiger partial charge in [-0.05, 0) is 11.6 Å². The van der Waals surface area contributed by atoms with Crippen molar-refractivity contribution in [1.82, 2.24) is 29.3 Å². The molecule has 26 heavy (non-hydrogen) atoms. The maximum atomic E-state index is 12.1. The van der Waals surface area contributed by atoms with Crippen molar-refractivity contribution < 1.29 is 18.0 Å². The number of aryl methyl sites for hydroxylation is 1. The molecule has 3 rings (SSSR count). The van der Waals surface area contributed by atoms with Crippen LogP contribution in [0.5, 0.6) is 0 Å². The summed E-state index contributed by atoms with van der Waals surface area (Å²) in [6.45, 7) is 0.157. The number of amides is 4. The molecule has 1 aliphatic rings. The summed E-state index contributed by atoms with van der Waals surface area (Å²) < 4.78 is 25.3. The number of hydrogen-bond acceptors (Lipinski definition) is 6. The summed E-state index contributed by atoms with van der Waals surface area (Å²) in [7, 11) is -1.85. The number of nitrogens with zero attached hydrogens (tertiary/aromatic N) is 5. The molecule has 4 amide bonds. The van der Waals surface area contributed by atoms with Gasteiger partial charge >= 0.3 is 12.1 Å². The number of imide groups is 1. The zero-order chi connectivity index (χ0) is 18.9. The van der Waals surface area contributed by atoms with Gasteiger partial charge in [0.1, 0.15) is 0 Å². The Labute approximate surface area is 150 Å². The van der Waals surface area contributed by atoms with Crippen molar-refractivity contribution in [3.63, 3.8) is 0 Å². The van der Waals surface area contributed by atoms with Gasteiger partial charge in [-0.15, -0.1) is 0 Å². The molecule has 2 aromatic heterocycles. The molecule has 138 valence electrons. The van der Waals surface area contributed by atoms with E-state index in [1.54, 1.807) is 17.1 Å². The van der Waals surface area contributed by atoms with Gasteiger partial charge in [-0.25, -0.2) is 27.2 Å². The van der Waals surface area contributed by atoms with Crippen molar-refractivity contribution in [3.8, 4) is 11.3 Å². The van der Waals surface area contributed by atoms with Crippen molar-refractivity contribution in [3.05, 3.63) is 36.3 Å². The molecule has 0 radical (unpaired) electrons. The summed E-state index contributed by atoms with van der Waals surface area (Å²) in [5.41, 5.74) is 2.39. The summed E-state index contributed by atoms with van der Waals surface area (Å²) in [6.07, 6.45) is 6.10. The van der Waals surface area contributed by atoms with E-state index in [0.29, 0.717) is 4.31 Å². The quantitative estimate of drug-likeness (QED) is 0.822. The highest BCUT2D eigenvalue weighted by Gasteiger charge is 2.37. The van der Waals surface area contributed by atoms with Crippen LogP contribution in [0.3, 0.4) is 0 Å². The van der Waals surface area contributed by atoms with E-state index < -0.39 is 22.1 Å². The fraction of sp³-hybridized carbons (Fsp3) is 0.333. The molecule has 0 atom stereocenters. The van der Waals surface area contributed by atoms with Gasteiger partial charge in [0.2, 0.25) is 10.0 Å². The average molecular weight is 378 g/mol. The minimum atomic E-state index is -3.67. The maximum Gasteiger partial charge on any atom is 0.341 e. The van der Waals surface area contributed by atoms with Crippen LogP contribution in [0.15, 0.2) is 30.7 Å².